The lowest BCUT2D eigenvalue weighted by Gasteiger charge is -2.14. The summed E-state index contributed by atoms with van der Waals surface area (Å²) in [5, 5.41) is 10.2. The van der Waals surface area contributed by atoms with E-state index in [2.05, 4.69) is 31.0 Å². The monoisotopic (exact) mass is 241 g/mol. The van der Waals surface area contributed by atoms with Crippen molar-refractivity contribution in [2.24, 2.45) is 0 Å². The van der Waals surface area contributed by atoms with Crippen molar-refractivity contribution in [2.45, 2.75) is 32.8 Å². The summed E-state index contributed by atoms with van der Waals surface area (Å²) in [7, 11) is 0. The second-order valence-electron chi connectivity index (χ2n) is 4.77. The summed E-state index contributed by atoms with van der Waals surface area (Å²) in [4.78, 5) is 3.99. The summed E-state index contributed by atoms with van der Waals surface area (Å²) < 4.78 is 0. The largest absolute Gasteiger partial charge is 0.388 e. The normalized spacial score (nSPS) is 12.4. The van der Waals surface area contributed by atoms with Gasteiger partial charge in [0.25, 0.3) is 0 Å². The van der Waals surface area contributed by atoms with Gasteiger partial charge in [-0.3, -0.25) is 4.98 Å². The molecule has 1 N–H and O–H groups in total. The highest BCUT2D eigenvalue weighted by molar-refractivity contribution is 5.32. The van der Waals surface area contributed by atoms with Crippen molar-refractivity contribution in [3.63, 3.8) is 0 Å². The fourth-order valence-corrected chi connectivity index (χ4v) is 2.21. The van der Waals surface area contributed by atoms with Gasteiger partial charge in [-0.15, -0.1) is 0 Å². The first-order valence-corrected chi connectivity index (χ1v) is 6.31. The number of pyridine rings is 1. The van der Waals surface area contributed by atoms with Crippen molar-refractivity contribution in [1.29, 1.82) is 0 Å². The zero-order valence-corrected chi connectivity index (χ0v) is 10.9. The summed E-state index contributed by atoms with van der Waals surface area (Å²) in [5.41, 5.74) is 4.65. The first kappa shape index (κ1) is 12.8. The van der Waals surface area contributed by atoms with Crippen LogP contribution in [-0.4, -0.2) is 10.1 Å². The maximum Gasteiger partial charge on any atom is 0.0795 e. The molecule has 2 nitrogen and oxygen atoms in total. The van der Waals surface area contributed by atoms with Crippen LogP contribution in [0.1, 0.15) is 34.8 Å². The quantitative estimate of drug-likeness (QED) is 0.890. The fourth-order valence-electron chi connectivity index (χ4n) is 2.21. The third-order valence-electron chi connectivity index (χ3n) is 3.24. The maximum atomic E-state index is 10.2. The van der Waals surface area contributed by atoms with Crippen molar-refractivity contribution in [1.82, 2.24) is 4.98 Å². The Labute approximate surface area is 108 Å². The molecule has 0 bridgehead atoms. The molecular weight excluding hydrogens is 222 g/mol. The minimum absolute atomic E-state index is 0.390. The summed E-state index contributed by atoms with van der Waals surface area (Å²) in [5.74, 6) is 0. The van der Waals surface area contributed by atoms with Gasteiger partial charge in [0.2, 0.25) is 0 Å². The van der Waals surface area contributed by atoms with E-state index in [0.717, 1.165) is 24.0 Å². The van der Waals surface area contributed by atoms with E-state index in [0.29, 0.717) is 0 Å². The van der Waals surface area contributed by atoms with Crippen LogP contribution in [0.4, 0.5) is 0 Å². The van der Waals surface area contributed by atoms with Crippen molar-refractivity contribution in [2.75, 3.05) is 0 Å². The van der Waals surface area contributed by atoms with Crippen LogP contribution in [0.3, 0.4) is 0 Å². The number of nitrogens with zero attached hydrogens (tertiary/aromatic N) is 1. The van der Waals surface area contributed by atoms with Gasteiger partial charge in [-0.1, -0.05) is 23.8 Å². The minimum Gasteiger partial charge on any atom is -0.388 e. The van der Waals surface area contributed by atoms with Crippen LogP contribution in [0, 0.1) is 13.8 Å². The van der Waals surface area contributed by atoms with Crippen LogP contribution in [0.25, 0.3) is 0 Å². The smallest absolute Gasteiger partial charge is 0.0795 e. The van der Waals surface area contributed by atoms with Crippen LogP contribution < -0.4 is 0 Å². The van der Waals surface area contributed by atoms with Crippen LogP contribution in [0.15, 0.2) is 42.7 Å². The Kier molecular flexibility index (Phi) is 4.11. The summed E-state index contributed by atoms with van der Waals surface area (Å²) in [6.45, 7) is 4.12. The van der Waals surface area contributed by atoms with Crippen molar-refractivity contribution in [3.8, 4) is 0 Å². The lowest BCUT2D eigenvalue weighted by Crippen LogP contribution is -2.02. The Hall–Kier alpha value is -1.67. The lowest BCUT2D eigenvalue weighted by atomic mass is 9.97. The van der Waals surface area contributed by atoms with E-state index in [1.807, 2.05) is 18.2 Å². The van der Waals surface area contributed by atoms with E-state index >= 15 is 0 Å². The van der Waals surface area contributed by atoms with Crippen LogP contribution >= 0.6 is 0 Å². The van der Waals surface area contributed by atoms with Gasteiger partial charge < -0.3 is 5.11 Å². The van der Waals surface area contributed by atoms with E-state index in [4.69, 9.17) is 0 Å². The first-order chi connectivity index (χ1) is 8.66. The predicted octanol–water partition coefficient (Wildman–Crippen LogP) is 3.36. The van der Waals surface area contributed by atoms with Crippen molar-refractivity contribution in [3.05, 3.63) is 65.0 Å². The van der Waals surface area contributed by atoms with Crippen LogP contribution in [-0.2, 0) is 6.42 Å². The average molecular weight is 241 g/mol. The molecule has 1 heterocycles. The predicted molar refractivity (Wildman–Crippen MR) is 73.4 cm³/mol. The number of aromatic nitrogens is 1. The van der Waals surface area contributed by atoms with Gasteiger partial charge in [-0.05, 0) is 55.5 Å². The van der Waals surface area contributed by atoms with E-state index < -0.39 is 6.10 Å². The molecule has 2 aromatic rings. The maximum absolute atomic E-state index is 10.2. The number of aryl methyl sites for hydroxylation is 3. The highest BCUT2D eigenvalue weighted by atomic mass is 16.3. The van der Waals surface area contributed by atoms with Crippen LogP contribution in [0.5, 0.6) is 0 Å². The molecule has 1 atom stereocenters. The topological polar surface area (TPSA) is 33.1 Å². The molecule has 0 saturated carbocycles. The molecule has 0 saturated heterocycles. The van der Waals surface area contributed by atoms with Gasteiger partial charge in [0, 0.05) is 12.4 Å². The molecule has 0 fully saturated rings. The van der Waals surface area contributed by atoms with Gasteiger partial charge in [0.15, 0.2) is 0 Å². The standard InChI is InChI=1S/C16H19NO/c1-12-3-5-15(13(2)11-12)16(18)6-4-14-7-9-17-10-8-14/h3,5,7-11,16,18H,4,6H2,1-2H3. The molecule has 0 amide bonds. The zero-order chi connectivity index (χ0) is 13.0. The second-order valence-corrected chi connectivity index (χ2v) is 4.77. The molecular formula is C16H19NO. The molecule has 0 aliphatic heterocycles. The summed E-state index contributed by atoms with van der Waals surface area (Å²) >= 11 is 0. The van der Waals surface area contributed by atoms with E-state index in [9.17, 15) is 5.11 Å². The fraction of sp³-hybridized carbons (Fsp3) is 0.312. The van der Waals surface area contributed by atoms with E-state index in [1.165, 1.54) is 11.1 Å². The molecule has 0 radical (unpaired) electrons. The Morgan fingerprint density at radius 3 is 2.50 bits per heavy atom. The Bertz CT molecular complexity index is 508. The Balaban J connectivity index is 2.01. The lowest BCUT2D eigenvalue weighted by molar-refractivity contribution is 0.167. The summed E-state index contributed by atoms with van der Waals surface area (Å²) in [6, 6.07) is 10.2. The number of benzene rings is 1. The molecule has 0 aliphatic carbocycles. The molecule has 1 unspecified atom stereocenters. The summed E-state index contributed by atoms with van der Waals surface area (Å²) in [6.07, 6.45) is 4.81. The number of hydrogen-bond acceptors (Lipinski definition) is 2. The SMILES string of the molecule is Cc1ccc(C(O)CCc2ccncc2)c(C)c1. The van der Waals surface area contributed by atoms with E-state index in [-0.39, 0.29) is 0 Å². The number of hydrogen-bond donors (Lipinski definition) is 1. The van der Waals surface area contributed by atoms with Crippen LogP contribution in [0.2, 0.25) is 0 Å². The zero-order valence-electron chi connectivity index (χ0n) is 10.9. The second kappa shape index (κ2) is 5.78. The van der Waals surface area contributed by atoms with Crippen molar-refractivity contribution >= 4 is 0 Å². The Morgan fingerprint density at radius 2 is 1.83 bits per heavy atom. The number of aliphatic hydroxyl groups is 1. The molecule has 2 heteroatoms. The van der Waals surface area contributed by atoms with Gasteiger partial charge >= 0.3 is 0 Å². The number of rotatable bonds is 4. The first-order valence-electron chi connectivity index (χ1n) is 6.31. The van der Waals surface area contributed by atoms with Gasteiger partial charge in [0.1, 0.15) is 0 Å². The minimum atomic E-state index is -0.390. The van der Waals surface area contributed by atoms with Gasteiger partial charge in [0.05, 0.1) is 6.10 Å². The molecule has 1 aromatic heterocycles. The molecule has 2 rings (SSSR count). The third-order valence-corrected chi connectivity index (χ3v) is 3.24. The molecule has 94 valence electrons. The van der Waals surface area contributed by atoms with E-state index in [1.54, 1.807) is 12.4 Å². The average Bonchev–Trinajstić information content (AvgIpc) is 2.37. The van der Waals surface area contributed by atoms with Crippen molar-refractivity contribution < 1.29 is 5.11 Å². The third kappa shape index (κ3) is 3.17. The Morgan fingerprint density at radius 1 is 1.11 bits per heavy atom. The van der Waals surface area contributed by atoms with Gasteiger partial charge in [-0.25, -0.2) is 0 Å². The highest BCUT2D eigenvalue weighted by Crippen LogP contribution is 2.23. The molecule has 18 heavy (non-hydrogen) atoms. The molecule has 0 spiro atoms. The number of aliphatic hydroxyl groups excluding tert-OH is 1. The molecule has 0 aliphatic rings. The van der Waals surface area contributed by atoms with Gasteiger partial charge in [-0.2, -0.15) is 0 Å². The molecule has 1 aromatic carbocycles. The highest BCUT2D eigenvalue weighted by Gasteiger charge is 2.10.